The van der Waals surface area contributed by atoms with E-state index in [1.807, 2.05) is 25.1 Å². The van der Waals surface area contributed by atoms with Crippen LogP contribution in [0.2, 0.25) is 0 Å². The van der Waals surface area contributed by atoms with Gasteiger partial charge >= 0.3 is 6.18 Å². The van der Waals surface area contributed by atoms with Gasteiger partial charge in [-0.2, -0.15) is 13.2 Å². The van der Waals surface area contributed by atoms with Crippen molar-refractivity contribution < 1.29 is 27.5 Å². The summed E-state index contributed by atoms with van der Waals surface area (Å²) in [4.78, 5) is 34.0. The number of fused-ring (bicyclic) bond motifs is 2. The summed E-state index contributed by atoms with van der Waals surface area (Å²) < 4.78 is 46.5. The number of carbonyl (C=O) groups is 2. The van der Waals surface area contributed by atoms with Crippen molar-refractivity contribution in [2.75, 3.05) is 31.1 Å². The molecule has 212 valence electrons. The molecule has 2 amide bonds. The fourth-order valence-electron chi connectivity index (χ4n) is 5.77. The average Bonchev–Trinajstić information content (AvgIpc) is 3.65. The Hall–Kier alpha value is -3.90. The highest BCUT2D eigenvalue weighted by Crippen LogP contribution is 2.37. The third-order valence-corrected chi connectivity index (χ3v) is 8.12. The summed E-state index contributed by atoms with van der Waals surface area (Å²) in [7, 11) is 0. The second-order valence-corrected chi connectivity index (χ2v) is 11.0. The van der Waals surface area contributed by atoms with Crippen LogP contribution in [0.15, 0.2) is 24.4 Å². The monoisotopic (exact) mass is 557 g/mol. The maximum Gasteiger partial charge on any atom is 0.451 e. The first kappa shape index (κ1) is 26.3. The lowest BCUT2D eigenvalue weighted by Gasteiger charge is -2.41. The zero-order chi connectivity index (χ0) is 28.2. The first-order valence-electron chi connectivity index (χ1n) is 13.5. The molecule has 40 heavy (non-hydrogen) atoms. The molecule has 10 nitrogen and oxygen atoms in total. The molecule has 1 aromatic carbocycles. The molecule has 0 spiro atoms. The highest BCUT2D eigenvalue weighted by atomic mass is 19.4. The van der Waals surface area contributed by atoms with Crippen LogP contribution in [0, 0.1) is 17.8 Å². The van der Waals surface area contributed by atoms with Gasteiger partial charge in [0.05, 0.1) is 29.9 Å². The summed E-state index contributed by atoms with van der Waals surface area (Å²) in [5, 5.41) is 7.77. The van der Waals surface area contributed by atoms with Crippen molar-refractivity contribution in [2.24, 2.45) is 23.5 Å². The Morgan fingerprint density at radius 1 is 1.12 bits per heavy atom. The topological polar surface area (TPSA) is 119 Å². The van der Waals surface area contributed by atoms with Crippen molar-refractivity contribution in [1.82, 2.24) is 24.6 Å². The quantitative estimate of drug-likeness (QED) is 0.494. The van der Waals surface area contributed by atoms with Crippen LogP contribution in [0.1, 0.15) is 48.2 Å². The van der Waals surface area contributed by atoms with Gasteiger partial charge in [0, 0.05) is 49.7 Å². The van der Waals surface area contributed by atoms with Crippen LogP contribution in [0.3, 0.4) is 0 Å². The van der Waals surface area contributed by atoms with Crippen molar-refractivity contribution in [1.29, 1.82) is 0 Å². The molecule has 2 N–H and O–H groups in total. The third kappa shape index (κ3) is 4.92. The summed E-state index contributed by atoms with van der Waals surface area (Å²) in [6.07, 6.45) is -0.210. The minimum absolute atomic E-state index is 0.00647. The lowest BCUT2D eigenvalue weighted by Crippen LogP contribution is -2.49. The van der Waals surface area contributed by atoms with Gasteiger partial charge in [-0.25, -0.2) is 0 Å². The van der Waals surface area contributed by atoms with Crippen LogP contribution >= 0.6 is 0 Å². The molecule has 4 heterocycles. The fourth-order valence-corrected chi connectivity index (χ4v) is 5.77. The number of anilines is 1. The van der Waals surface area contributed by atoms with Gasteiger partial charge in [-0.15, -0.1) is 10.2 Å². The Labute approximate surface area is 228 Å². The van der Waals surface area contributed by atoms with Gasteiger partial charge < -0.3 is 24.8 Å². The first-order valence-corrected chi connectivity index (χ1v) is 13.5. The number of nitrogens with two attached hydrogens (primary N) is 1. The Morgan fingerprint density at radius 2 is 1.93 bits per heavy atom. The van der Waals surface area contributed by atoms with E-state index in [4.69, 9.17) is 10.5 Å². The molecule has 3 aromatic rings. The zero-order valence-corrected chi connectivity index (χ0v) is 22.0. The molecule has 2 atom stereocenters. The SMILES string of the molecule is C[C@@H]1CN(c2c(C(N)=O)cnc3cc(OCC4CC4)ccc23)CC[C@@H]1C(=O)N1CCn2c(nnc2C(F)(F)F)C1. The normalized spacial score (nSPS) is 21.4. The molecule has 1 aliphatic carbocycles. The molecule has 2 aliphatic heterocycles. The van der Waals surface area contributed by atoms with Crippen molar-refractivity contribution in [3.63, 3.8) is 0 Å². The number of hydrogen-bond donors (Lipinski definition) is 1. The highest BCUT2D eigenvalue weighted by Gasteiger charge is 2.41. The minimum atomic E-state index is -4.59. The number of carbonyl (C=O) groups excluding carboxylic acids is 2. The number of benzene rings is 1. The number of amides is 2. The second-order valence-electron chi connectivity index (χ2n) is 11.0. The van der Waals surface area contributed by atoms with E-state index in [1.165, 1.54) is 19.0 Å². The Bertz CT molecular complexity index is 1470. The number of primary amides is 1. The number of piperidine rings is 1. The van der Waals surface area contributed by atoms with Crippen LogP contribution in [0.25, 0.3) is 10.9 Å². The lowest BCUT2D eigenvalue weighted by atomic mass is 9.85. The molecule has 1 saturated heterocycles. The van der Waals surface area contributed by atoms with Crippen molar-refractivity contribution in [3.8, 4) is 5.75 Å². The summed E-state index contributed by atoms with van der Waals surface area (Å²) in [5.74, 6) is -0.663. The third-order valence-electron chi connectivity index (χ3n) is 8.12. The van der Waals surface area contributed by atoms with E-state index in [-0.39, 0.29) is 43.2 Å². The van der Waals surface area contributed by atoms with Gasteiger partial charge in [-0.05, 0) is 43.2 Å². The maximum atomic E-state index is 13.5. The Kier molecular flexibility index (Phi) is 6.54. The smallest absolute Gasteiger partial charge is 0.451 e. The molecule has 0 bridgehead atoms. The van der Waals surface area contributed by atoms with Gasteiger partial charge in [0.15, 0.2) is 5.82 Å². The number of ether oxygens (including phenoxy) is 1. The molecule has 1 saturated carbocycles. The minimum Gasteiger partial charge on any atom is -0.493 e. The molecule has 3 aliphatic rings. The Balaban J connectivity index is 1.19. The van der Waals surface area contributed by atoms with E-state index in [9.17, 15) is 22.8 Å². The number of alkyl halides is 3. The van der Waals surface area contributed by atoms with Crippen molar-refractivity contribution >= 4 is 28.4 Å². The molecule has 2 fully saturated rings. The molecular formula is C27H30F3N7O3. The molecule has 13 heteroatoms. The van der Waals surface area contributed by atoms with Gasteiger partial charge in [-0.3, -0.25) is 14.6 Å². The number of aromatic nitrogens is 4. The molecular weight excluding hydrogens is 527 g/mol. The van der Waals surface area contributed by atoms with E-state index in [1.54, 1.807) is 4.90 Å². The van der Waals surface area contributed by atoms with Crippen LogP contribution < -0.4 is 15.4 Å². The first-order chi connectivity index (χ1) is 19.1. The molecule has 0 unspecified atom stereocenters. The molecule has 0 radical (unpaired) electrons. The van der Waals surface area contributed by atoms with E-state index >= 15 is 0 Å². The fraction of sp³-hybridized carbons (Fsp3) is 0.519. The molecule has 6 rings (SSSR count). The summed E-state index contributed by atoms with van der Waals surface area (Å²) in [6.45, 7) is 3.79. The van der Waals surface area contributed by atoms with E-state index < -0.39 is 17.9 Å². The predicted octanol–water partition coefficient (Wildman–Crippen LogP) is 3.24. The average molecular weight is 558 g/mol. The van der Waals surface area contributed by atoms with Crippen LogP contribution in [0.5, 0.6) is 5.75 Å². The largest absolute Gasteiger partial charge is 0.493 e. The zero-order valence-electron chi connectivity index (χ0n) is 22.0. The summed E-state index contributed by atoms with van der Waals surface area (Å²) >= 11 is 0. The second kappa shape index (κ2) is 9.93. The highest BCUT2D eigenvalue weighted by molar-refractivity contribution is 6.07. The number of rotatable bonds is 6. The predicted molar refractivity (Wildman–Crippen MR) is 138 cm³/mol. The van der Waals surface area contributed by atoms with E-state index in [2.05, 4.69) is 20.1 Å². The van der Waals surface area contributed by atoms with Crippen LogP contribution in [-0.4, -0.2) is 62.7 Å². The van der Waals surface area contributed by atoms with E-state index in [0.717, 1.165) is 15.7 Å². The van der Waals surface area contributed by atoms with Gasteiger partial charge in [0.1, 0.15) is 5.75 Å². The number of nitrogens with zero attached hydrogens (tertiary/aromatic N) is 6. The van der Waals surface area contributed by atoms with Crippen LogP contribution in [-0.2, 0) is 24.1 Å². The van der Waals surface area contributed by atoms with Crippen LogP contribution in [0.4, 0.5) is 18.9 Å². The number of halogens is 3. The lowest BCUT2D eigenvalue weighted by molar-refractivity contribution is -0.148. The van der Waals surface area contributed by atoms with Crippen molar-refractivity contribution in [2.45, 2.75) is 45.5 Å². The van der Waals surface area contributed by atoms with Gasteiger partial charge in [0.25, 0.3) is 5.91 Å². The maximum absolute atomic E-state index is 13.5. The van der Waals surface area contributed by atoms with E-state index in [0.29, 0.717) is 48.8 Å². The standard InChI is InChI=1S/C27H30F3N7O3/c1-15-12-35(7-6-18(15)25(39)36-8-9-37-22(13-36)33-34-26(37)27(28,29)30)23-19-5-4-17(40-14-16-2-3-16)10-21(19)32-11-20(23)24(31)38/h4-5,10-11,15-16,18H,2-3,6-9,12-14H2,1H3,(H2,31,38)/t15-,18+/m1/s1. The molecule has 2 aromatic heterocycles. The summed E-state index contributed by atoms with van der Waals surface area (Å²) in [5.41, 5.74) is 7.42. The van der Waals surface area contributed by atoms with Gasteiger partial charge in [0.2, 0.25) is 11.7 Å². The van der Waals surface area contributed by atoms with Crippen molar-refractivity contribution in [3.05, 3.63) is 41.6 Å². The number of pyridine rings is 1. The summed E-state index contributed by atoms with van der Waals surface area (Å²) in [6, 6.07) is 5.64. The Morgan fingerprint density at radius 3 is 2.62 bits per heavy atom. The number of hydrogen-bond acceptors (Lipinski definition) is 7. The van der Waals surface area contributed by atoms with Gasteiger partial charge in [-0.1, -0.05) is 6.92 Å².